The Morgan fingerprint density at radius 1 is 1.24 bits per heavy atom. The number of pyridine rings is 1. The average molecular weight is 505 g/mol. The first-order valence-corrected chi connectivity index (χ1v) is 13.9. The van der Waals surface area contributed by atoms with Crippen molar-refractivity contribution in [1.82, 2.24) is 19.6 Å². The number of nitrogens with one attached hydrogen (secondary N) is 2. The molecule has 4 N–H and O–H groups in total. The van der Waals surface area contributed by atoms with Crippen molar-refractivity contribution >= 4 is 38.4 Å². The molecule has 2 aromatic rings. The molecule has 5 rings (SSSR count). The van der Waals surface area contributed by atoms with Crippen LogP contribution in [0.3, 0.4) is 0 Å². The minimum absolute atomic E-state index is 0.0672. The summed E-state index contributed by atoms with van der Waals surface area (Å²) in [6.07, 6.45) is 6.79. The summed E-state index contributed by atoms with van der Waals surface area (Å²) in [6.45, 7) is 1.95. The Morgan fingerprint density at radius 2 is 2.00 bits per heavy atom. The summed E-state index contributed by atoms with van der Waals surface area (Å²) in [5.41, 5.74) is 8.40. The van der Waals surface area contributed by atoms with E-state index >= 15 is 0 Å². The van der Waals surface area contributed by atoms with Crippen molar-refractivity contribution in [3.05, 3.63) is 29.7 Å². The second-order valence-corrected chi connectivity index (χ2v) is 12.3. The number of nitrogens with two attached hydrogens (primary N) is 1. The van der Waals surface area contributed by atoms with E-state index in [-0.39, 0.29) is 18.2 Å². The van der Waals surface area contributed by atoms with Crippen molar-refractivity contribution in [3.8, 4) is 10.4 Å². The highest BCUT2D eigenvalue weighted by atomic mass is 32.2. The van der Waals surface area contributed by atoms with E-state index in [0.717, 1.165) is 34.7 Å². The molecule has 1 aliphatic heterocycles. The first-order valence-electron chi connectivity index (χ1n) is 11.5. The van der Waals surface area contributed by atoms with Crippen LogP contribution in [0.2, 0.25) is 0 Å². The first-order chi connectivity index (χ1) is 16.2. The van der Waals surface area contributed by atoms with Gasteiger partial charge in [0.05, 0.1) is 15.8 Å². The van der Waals surface area contributed by atoms with Crippen LogP contribution in [0, 0.1) is 6.92 Å². The molecule has 3 heterocycles. The lowest BCUT2D eigenvalue weighted by atomic mass is 9.82. The molecule has 1 saturated heterocycles. The molecular weight excluding hydrogens is 476 g/mol. The monoisotopic (exact) mass is 504 g/mol. The minimum Gasteiger partial charge on any atom is -0.368 e. The Morgan fingerprint density at radius 3 is 2.65 bits per heavy atom. The van der Waals surface area contributed by atoms with Crippen LogP contribution >= 0.6 is 11.3 Å². The van der Waals surface area contributed by atoms with Gasteiger partial charge in [-0.1, -0.05) is 17.8 Å². The molecule has 0 bridgehead atoms. The van der Waals surface area contributed by atoms with Crippen LogP contribution in [0.15, 0.2) is 18.3 Å². The average Bonchev–Trinajstić information content (AvgIpc) is 3.43. The van der Waals surface area contributed by atoms with Gasteiger partial charge in [0, 0.05) is 30.4 Å². The Balaban J connectivity index is 1.29. The van der Waals surface area contributed by atoms with E-state index < -0.39 is 34.0 Å². The number of hydrogen-bond acceptors (Lipinski definition) is 7. The molecule has 3 amide bonds. The number of rotatable bonds is 7. The molecule has 2 aliphatic carbocycles. The van der Waals surface area contributed by atoms with Crippen molar-refractivity contribution in [2.45, 2.75) is 68.7 Å². The van der Waals surface area contributed by atoms with E-state index in [2.05, 4.69) is 26.1 Å². The standard InChI is InChI=1S/C22H28N6O4S2/c1-12-19(14-7-8-24-17(9-14)13-3-2-4-13)33-21(25-12)26-22(30)28-11-15(10-18(28)20(23)29)27-34(31,32)16-5-6-16/h7-9,13,15-16,18,27H,2-6,10-11H2,1H3,(H2,23,29)(H,25,26,30)/t15-,18+/m1/s1. The lowest BCUT2D eigenvalue weighted by Gasteiger charge is -2.24. The summed E-state index contributed by atoms with van der Waals surface area (Å²) in [5.74, 6) is -0.155. The SMILES string of the molecule is Cc1nc(NC(=O)N2C[C@H](NS(=O)(=O)C3CC3)C[C@H]2C(N)=O)sc1-c1ccnc(C2CCC2)c1. The van der Waals surface area contributed by atoms with Crippen LogP contribution in [0.4, 0.5) is 9.93 Å². The van der Waals surface area contributed by atoms with Crippen molar-refractivity contribution in [3.63, 3.8) is 0 Å². The molecule has 10 nitrogen and oxygen atoms in total. The maximum atomic E-state index is 13.0. The number of nitrogens with zero attached hydrogens (tertiary/aromatic N) is 3. The summed E-state index contributed by atoms with van der Waals surface area (Å²) >= 11 is 1.35. The zero-order chi connectivity index (χ0) is 24.0. The highest BCUT2D eigenvalue weighted by Gasteiger charge is 2.43. The highest BCUT2D eigenvalue weighted by Crippen LogP contribution is 2.38. The highest BCUT2D eigenvalue weighted by molar-refractivity contribution is 7.90. The van der Waals surface area contributed by atoms with Crippen LogP contribution in [-0.4, -0.2) is 59.1 Å². The lowest BCUT2D eigenvalue weighted by molar-refractivity contribution is -0.121. The van der Waals surface area contributed by atoms with Crippen molar-refractivity contribution in [2.75, 3.05) is 11.9 Å². The Labute approximate surface area is 202 Å². The van der Waals surface area contributed by atoms with Crippen molar-refractivity contribution < 1.29 is 18.0 Å². The second kappa shape index (κ2) is 8.90. The van der Waals surface area contributed by atoms with Gasteiger partial charge >= 0.3 is 6.03 Å². The molecule has 182 valence electrons. The van der Waals surface area contributed by atoms with Crippen molar-refractivity contribution in [2.24, 2.45) is 5.73 Å². The topological polar surface area (TPSA) is 147 Å². The number of thiazole rings is 1. The van der Waals surface area contributed by atoms with Gasteiger partial charge in [-0.05, 0) is 56.7 Å². The van der Waals surface area contributed by atoms with Gasteiger partial charge in [-0.3, -0.25) is 15.1 Å². The fourth-order valence-corrected chi connectivity index (χ4v) is 7.06. The van der Waals surface area contributed by atoms with Crippen LogP contribution in [-0.2, 0) is 14.8 Å². The molecule has 3 aliphatic rings. The third-order valence-electron chi connectivity index (χ3n) is 6.76. The van der Waals surface area contributed by atoms with E-state index in [0.29, 0.717) is 23.9 Å². The maximum Gasteiger partial charge on any atom is 0.324 e. The molecule has 0 aromatic carbocycles. The number of primary amides is 1. The number of sulfonamides is 1. The van der Waals surface area contributed by atoms with Gasteiger partial charge in [0.15, 0.2) is 5.13 Å². The number of aryl methyl sites for hydroxylation is 1. The summed E-state index contributed by atoms with van der Waals surface area (Å²) < 4.78 is 27.2. The number of carbonyl (C=O) groups excluding carboxylic acids is 2. The number of hydrogen-bond donors (Lipinski definition) is 3. The fourth-order valence-electron chi connectivity index (χ4n) is 4.52. The zero-order valence-corrected chi connectivity index (χ0v) is 20.5. The summed E-state index contributed by atoms with van der Waals surface area (Å²) in [7, 11) is -3.44. The molecule has 0 unspecified atom stereocenters. The molecule has 12 heteroatoms. The smallest absolute Gasteiger partial charge is 0.324 e. The van der Waals surface area contributed by atoms with Gasteiger partial charge in [-0.15, -0.1) is 0 Å². The molecule has 0 spiro atoms. The Kier molecular flexibility index (Phi) is 6.07. The Bertz CT molecular complexity index is 1220. The third-order valence-corrected chi connectivity index (χ3v) is 9.89. The number of urea groups is 1. The normalized spacial score (nSPS) is 23.0. The number of aromatic nitrogens is 2. The van der Waals surface area contributed by atoms with Gasteiger partial charge in [-0.2, -0.15) is 0 Å². The summed E-state index contributed by atoms with van der Waals surface area (Å²) in [4.78, 5) is 36.3. The van der Waals surface area contributed by atoms with E-state index in [1.807, 2.05) is 19.2 Å². The number of amides is 3. The van der Waals surface area contributed by atoms with Gasteiger partial charge < -0.3 is 10.6 Å². The maximum absolute atomic E-state index is 13.0. The zero-order valence-electron chi connectivity index (χ0n) is 18.9. The molecule has 2 aromatic heterocycles. The first kappa shape index (κ1) is 23.2. The van der Waals surface area contributed by atoms with Gasteiger partial charge in [0.2, 0.25) is 15.9 Å². The third kappa shape index (κ3) is 4.66. The predicted molar refractivity (Wildman–Crippen MR) is 129 cm³/mol. The van der Waals surface area contributed by atoms with Gasteiger partial charge in [0.25, 0.3) is 0 Å². The van der Waals surface area contributed by atoms with Gasteiger partial charge in [0.1, 0.15) is 6.04 Å². The van der Waals surface area contributed by atoms with E-state index in [4.69, 9.17) is 5.73 Å². The molecule has 34 heavy (non-hydrogen) atoms. The van der Waals surface area contributed by atoms with Crippen molar-refractivity contribution in [1.29, 1.82) is 0 Å². The quantitative estimate of drug-likeness (QED) is 0.527. The van der Waals surface area contributed by atoms with Gasteiger partial charge in [-0.25, -0.2) is 22.9 Å². The van der Waals surface area contributed by atoms with Crippen LogP contribution in [0.5, 0.6) is 0 Å². The number of carbonyl (C=O) groups is 2. The van der Waals surface area contributed by atoms with Crippen LogP contribution in [0.1, 0.15) is 55.8 Å². The largest absolute Gasteiger partial charge is 0.368 e. The van der Waals surface area contributed by atoms with E-state index in [9.17, 15) is 18.0 Å². The lowest BCUT2D eigenvalue weighted by Crippen LogP contribution is -2.46. The minimum atomic E-state index is -3.44. The van der Waals surface area contributed by atoms with E-state index in [1.54, 1.807) is 0 Å². The molecular formula is C22H28N6O4S2. The molecule has 3 fully saturated rings. The number of likely N-dealkylation sites (tertiary alicyclic amines) is 1. The molecule has 2 saturated carbocycles. The summed E-state index contributed by atoms with van der Waals surface area (Å²) in [5, 5.41) is 2.80. The number of anilines is 1. The van der Waals surface area contributed by atoms with Crippen LogP contribution in [0.25, 0.3) is 10.4 Å². The van der Waals surface area contributed by atoms with E-state index in [1.165, 1.54) is 22.7 Å². The molecule has 2 atom stereocenters. The predicted octanol–water partition coefficient (Wildman–Crippen LogP) is 2.32. The summed E-state index contributed by atoms with van der Waals surface area (Å²) in [6, 6.07) is 2.06. The fraction of sp³-hybridized carbons (Fsp3) is 0.545. The Hall–Kier alpha value is -2.57. The van der Waals surface area contributed by atoms with Crippen LogP contribution < -0.4 is 15.8 Å². The molecule has 0 radical (unpaired) electrons. The second-order valence-electron chi connectivity index (χ2n) is 9.33.